The number of anilines is 1. The fourth-order valence-corrected chi connectivity index (χ4v) is 3.82. The van der Waals surface area contributed by atoms with Crippen molar-refractivity contribution >= 4 is 29.2 Å². The second-order valence-electron chi connectivity index (χ2n) is 7.68. The van der Waals surface area contributed by atoms with Crippen molar-refractivity contribution in [3.63, 3.8) is 0 Å². The molecule has 1 atom stereocenters. The van der Waals surface area contributed by atoms with Gasteiger partial charge in [-0.1, -0.05) is 0 Å². The highest BCUT2D eigenvalue weighted by atomic mass is 32.1. The quantitative estimate of drug-likeness (QED) is 0.763. The predicted molar refractivity (Wildman–Crippen MR) is 94.8 cm³/mol. The molecule has 1 unspecified atom stereocenters. The van der Waals surface area contributed by atoms with Crippen LogP contribution in [-0.4, -0.2) is 58.8 Å². The standard InChI is InChI=1S/C17H25N3O4S/c1-12-14(21)20(13-9-25-11-18-13)10-17(23-12)5-7-19(8-6-17)15(22)24-16(2,3)4/h9,11-12H,5-8,10H2,1-4H3. The van der Waals surface area contributed by atoms with Gasteiger partial charge in [-0.05, 0) is 40.5 Å². The molecular weight excluding hydrogens is 342 g/mol. The molecule has 3 heterocycles. The molecule has 3 rings (SSSR count). The molecule has 2 fully saturated rings. The van der Waals surface area contributed by atoms with E-state index >= 15 is 0 Å². The Bertz CT molecular complexity index is 633. The molecule has 1 spiro atoms. The number of thiazole rings is 1. The lowest BCUT2D eigenvalue weighted by Crippen LogP contribution is -2.62. The van der Waals surface area contributed by atoms with E-state index in [-0.39, 0.29) is 12.0 Å². The summed E-state index contributed by atoms with van der Waals surface area (Å²) < 4.78 is 11.5. The minimum absolute atomic E-state index is 0.0638. The van der Waals surface area contributed by atoms with E-state index in [0.29, 0.717) is 38.3 Å². The molecule has 2 aliphatic rings. The van der Waals surface area contributed by atoms with Crippen LogP contribution in [-0.2, 0) is 14.3 Å². The van der Waals surface area contributed by atoms with Crippen molar-refractivity contribution in [3.8, 4) is 0 Å². The van der Waals surface area contributed by atoms with Gasteiger partial charge in [0.05, 0.1) is 17.7 Å². The lowest BCUT2D eigenvalue weighted by molar-refractivity contribution is -0.161. The number of hydrogen-bond acceptors (Lipinski definition) is 6. The average Bonchev–Trinajstić information content (AvgIpc) is 3.04. The zero-order valence-electron chi connectivity index (χ0n) is 15.2. The van der Waals surface area contributed by atoms with Crippen LogP contribution in [0.25, 0.3) is 0 Å². The van der Waals surface area contributed by atoms with Crippen LogP contribution in [0.4, 0.5) is 10.6 Å². The number of ether oxygens (including phenoxy) is 2. The van der Waals surface area contributed by atoms with Crippen LogP contribution in [0.15, 0.2) is 10.9 Å². The molecule has 0 N–H and O–H groups in total. The topological polar surface area (TPSA) is 72.0 Å². The van der Waals surface area contributed by atoms with E-state index in [1.165, 1.54) is 11.3 Å². The van der Waals surface area contributed by atoms with Crippen molar-refractivity contribution in [2.75, 3.05) is 24.5 Å². The Balaban J connectivity index is 1.67. The maximum atomic E-state index is 12.5. The second-order valence-corrected chi connectivity index (χ2v) is 8.40. The van der Waals surface area contributed by atoms with Crippen molar-refractivity contribution in [2.24, 2.45) is 0 Å². The number of piperidine rings is 1. The van der Waals surface area contributed by atoms with Gasteiger partial charge in [-0.2, -0.15) is 0 Å². The molecule has 2 saturated heterocycles. The van der Waals surface area contributed by atoms with Crippen LogP contribution < -0.4 is 4.90 Å². The second kappa shape index (κ2) is 6.57. The Hall–Kier alpha value is -1.67. The number of amides is 2. The molecule has 2 aliphatic heterocycles. The summed E-state index contributed by atoms with van der Waals surface area (Å²) in [5, 5.41) is 1.87. The first-order valence-corrected chi connectivity index (χ1v) is 9.49. The molecule has 7 nitrogen and oxygen atoms in total. The van der Waals surface area contributed by atoms with Gasteiger partial charge in [0.25, 0.3) is 5.91 Å². The van der Waals surface area contributed by atoms with Crippen LogP contribution in [0.3, 0.4) is 0 Å². The van der Waals surface area contributed by atoms with E-state index in [1.54, 1.807) is 22.2 Å². The number of nitrogens with zero attached hydrogens (tertiary/aromatic N) is 3. The summed E-state index contributed by atoms with van der Waals surface area (Å²) >= 11 is 1.47. The maximum Gasteiger partial charge on any atom is 0.410 e. The van der Waals surface area contributed by atoms with Gasteiger partial charge in [0.2, 0.25) is 0 Å². The summed E-state index contributed by atoms with van der Waals surface area (Å²) in [5.74, 6) is 0.616. The van der Waals surface area contributed by atoms with E-state index in [1.807, 2.05) is 26.2 Å². The molecule has 0 bridgehead atoms. The molecule has 2 amide bonds. The number of likely N-dealkylation sites (tertiary alicyclic amines) is 1. The summed E-state index contributed by atoms with van der Waals surface area (Å²) in [6, 6.07) is 0. The zero-order chi connectivity index (χ0) is 18.2. The van der Waals surface area contributed by atoms with Crippen LogP contribution in [0, 0.1) is 0 Å². The highest BCUT2D eigenvalue weighted by Crippen LogP contribution is 2.35. The molecule has 0 aromatic carbocycles. The van der Waals surface area contributed by atoms with Gasteiger partial charge in [0.1, 0.15) is 17.5 Å². The van der Waals surface area contributed by atoms with Crippen molar-refractivity contribution in [2.45, 2.75) is 57.8 Å². The smallest absolute Gasteiger partial charge is 0.410 e. The summed E-state index contributed by atoms with van der Waals surface area (Å²) in [5.41, 5.74) is 0.784. The first-order valence-electron chi connectivity index (χ1n) is 8.54. The number of carbonyl (C=O) groups excluding carboxylic acids is 2. The van der Waals surface area contributed by atoms with Gasteiger partial charge in [0, 0.05) is 18.5 Å². The third-order valence-corrected chi connectivity index (χ3v) is 5.08. The fraction of sp³-hybridized carbons (Fsp3) is 0.706. The molecule has 25 heavy (non-hydrogen) atoms. The highest BCUT2D eigenvalue weighted by molar-refractivity contribution is 7.07. The minimum atomic E-state index is -0.511. The Morgan fingerprint density at radius 3 is 2.64 bits per heavy atom. The van der Waals surface area contributed by atoms with E-state index in [2.05, 4.69) is 4.98 Å². The van der Waals surface area contributed by atoms with E-state index in [9.17, 15) is 9.59 Å². The summed E-state index contributed by atoms with van der Waals surface area (Å²) in [6.45, 7) is 8.95. The molecule has 0 saturated carbocycles. The Kier molecular flexibility index (Phi) is 4.76. The van der Waals surface area contributed by atoms with Gasteiger partial charge >= 0.3 is 6.09 Å². The van der Waals surface area contributed by atoms with Gasteiger partial charge in [-0.15, -0.1) is 11.3 Å². The monoisotopic (exact) mass is 367 g/mol. The van der Waals surface area contributed by atoms with E-state index in [0.717, 1.165) is 0 Å². The Morgan fingerprint density at radius 1 is 1.40 bits per heavy atom. The SMILES string of the molecule is CC1OC2(CCN(C(=O)OC(C)(C)C)CC2)CN(c2cscn2)C1=O. The van der Waals surface area contributed by atoms with Crippen molar-refractivity contribution < 1.29 is 19.1 Å². The Labute approximate surface area is 151 Å². The van der Waals surface area contributed by atoms with E-state index in [4.69, 9.17) is 9.47 Å². The van der Waals surface area contributed by atoms with Crippen molar-refractivity contribution in [1.82, 2.24) is 9.88 Å². The lowest BCUT2D eigenvalue weighted by Gasteiger charge is -2.48. The number of carbonyl (C=O) groups is 2. The maximum absolute atomic E-state index is 12.5. The molecule has 8 heteroatoms. The molecule has 1 aromatic heterocycles. The van der Waals surface area contributed by atoms with Crippen LogP contribution in [0.2, 0.25) is 0 Å². The van der Waals surface area contributed by atoms with Gasteiger partial charge in [-0.25, -0.2) is 9.78 Å². The molecule has 1 aromatic rings. The first-order chi connectivity index (χ1) is 11.7. The molecule has 0 radical (unpaired) electrons. The largest absolute Gasteiger partial charge is 0.444 e. The lowest BCUT2D eigenvalue weighted by atomic mass is 9.88. The molecule has 138 valence electrons. The number of rotatable bonds is 1. The average molecular weight is 367 g/mol. The van der Waals surface area contributed by atoms with E-state index < -0.39 is 17.3 Å². The predicted octanol–water partition coefficient (Wildman–Crippen LogP) is 2.66. The number of aromatic nitrogens is 1. The van der Waals surface area contributed by atoms with Gasteiger partial charge in [-0.3, -0.25) is 9.69 Å². The van der Waals surface area contributed by atoms with Gasteiger partial charge < -0.3 is 14.4 Å². The number of hydrogen-bond donors (Lipinski definition) is 0. The van der Waals surface area contributed by atoms with Crippen molar-refractivity contribution in [1.29, 1.82) is 0 Å². The van der Waals surface area contributed by atoms with Crippen LogP contribution >= 0.6 is 11.3 Å². The fourth-order valence-electron chi connectivity index (χ4n) is 3.28. The summed E-state index contributed by atoms with van der Waals surface area (Å²) in [7, 11) is 0. The van der Waals surface area contributed by atoms with Crippen LogP contribution in [0.5, 0.6) is 0 Å². The normalized spacial score (nSPS) is 23.8. The van der Waals surface area contributed by atoms with Gasteiger partial charge in [0.15, 0.2) is 0 Å². The first kappa shape index (κ1) is 18.1. The Morgan fingerprint density at radius 2 is 2.08 bits per heavy atom. The number of morpholine rings is 1. The van der Waals surface area contributed by atoms with Crippen LogP contribution in [0.1, 0.15) is 40.5 Å². The zero-order valence-corrected chi connectivity index (χ0v) is 16.0. The minimum Gasteiger partial charge on any atom is -0.444 e. The third-order valence-electron chi connectivity index (χ3n) is 4.51. The summed E-state index contributed by atoms with van der Waals surface area (Å²) in [4.78, 5) is 32.4. The highest BCUT2D eigenvalue weighted by Gasteiger charge is 2.47. The molecule has 0 aliphatic carbocycles. The van der Waals surface area contributed by atoms with Crippen molar-refractivity contribution in [3.05, 3.63) is 10.9 Å². The third kappa shape index (κ3) is 3.95. The summed E-state index contributed by atoms with van der Waals surface area (Å²) in [6.07, 6.45) is 0.539. The molecular formula is C17H25N3O4S.